The molecule has 0 radical (unpaired) electrons. The molecule has 5 nitrogen and oxygen atoms in total. The number of carbonyl (C=O) groups excluding carboxylic acids is 1. The minimum absolute atomic E-state index is 0. The summed E-state index contributed by atoms with van der Waals surface area (Å²) >= 11 is 0. The van der Waals surface area contributed by atoms with Crippen LogP contribution in [0.1, 0.15) is 29.9 Å². The van der Waals surface area contributed by atoms with Gasteiger partial charge in [-0.3, -0.25) is 0 Å². The van der Waals surface area contributed by atoms with Gasteiger partial charge in [0, 0.05) is 38.4 Å². The highest BCUT2D eigenvalue weighted by atomic mass is 35.5. The second-order valence-electron chi connectivity index (χ2n) is 7.70. The number of benzene rings is 2. The second kappa shape index (κ2) is 8.84. The molecular weight excluding hydrogens is 376 g/mol. The minimum Gasteiger partial charge on any atom is -0.508 e. The van der Waals surface area contributed by atoms with Crippen molar-refractivity contribution >= 4 is 18.5 Å². The molecule has 2 aliphatic rings. The molecule has 2 aliphatic heterocycles. The van der Waals surface area contributed by atoms with Crippen molar-refractivity contribution in [2.45, 2.75) is 30.8 Å². The smallest absolute Gasteiger partial charge is 0.407 e. The van der Waals surface area contributed by atoms with E-state index in [4.69, 9.17) is 4.74 Å². The third-order valence-corrected chi connectivity index (χ3v) is 5.80. The molecule has 150 valence electrons. The number of alkyl carbamates (subject to hydrolysis) is 1. The summed E-state index contributed by atoms with van der Waals surface area (Å²) < 4.78 is 5.53. The molecular formula is C22H27ClN2O3. The number of amides is 1. The van der Waals surface area contributed by atoms with Crippen molar-refractivity contribution in [3.8, 4) is 5.75 Å². The molecule has 1 unspecified atom stereocenters. The zero-order chi connectivity index (χ0) is 18.7. The highest BCUT2D eigenvalue weighted by molar-refractivity contribution is 5.85. The van der Waals surface area contributed by atoms with Gasteiger partial charge in [0.05, 0.1) is 6.54 Å². The number of piperidine rings is 1. The summed E-state index contributed by atoms with van der Waals surface area (Å²) in [6.45, 7) is 3.44. The van der Waals surface area contributed by atoms with E-state index in [0.29, 0.717) is 18.2 Å². The van der Waals surface area contributed by atoms with Gasteiger partial charge >= 0.3 is 6.09 Å². The fourth-order valence-corrected chi connectivity index (χ4v) is 4.17. The van der Waals surface area contributed by atoms with Crippen molar-refractivity contribution in [1.29, 1.82) is 0 Å². The molecule has 2 aromatic carbocycles. The lowest BCUT2D eigenvalue weighted by Crippen LogP contribution is -2.47. The third kappa shape index (κ3) is 4.78. The van der Waals surface area contributed by atoms with E-state index >= 15 is 0 Å². The molecule has 0 bridgehead atoms. The van der Waals surface area contributed by atoms with Gasteiger partial charge in [-0.1, -0.05) is 42.5 Å². The molecule has 0 aliphatic carbocycles. The predicted octanol–water partition coefficient (Wildman–Crippen LogP) is 3.71. The van der Waals surface area contributed by atoms with Gasteiger partial charge in [0.1, 0.15) is 11.4 Å². The van der Waals surface area contributed by atoms with Gasteiger partial charge in [0.15, 0.2) is 0 Å². The Kier molecular flexibility index (Phi) is 6.47. The Labute approximate surface area is 172 Å². The normalized spacial score (nSPS) is 19.5. The number of phenolic OH excluding ortho intramolecular Hbond substituents is 1. The zero-order valence-electron chi connectivity index (χ0n) is 15.8. The number of rotatable bonds is 5. The zero-order valence-corrected chi connectivity index (χ0v) is 16.7. The Morgan fingerprint density at radius 2 is 1.75 bits per heavy atom. The Hall–Kier alpha value is -2.24. The van der Waals surface area contributed by atoms with Crippen molar-refractivity contribution in [2.24, 2.45) is 0 Å². The number of aromatic hydroxyl groups is 1. The Morgan fingerprint density at radius 1 is 1.07 bits per heavy atom. The molecule has 2 aromatic rings. The lowest BCUT2D eigenvalue weighted by atomic mass is 9.88. The summed E-state index contributed by atoms with van der Waals surface area (Å²) in [4.78, 5) is 13.9. The maximum absolute atomic E-state index is 11.4. The maximum Gasteiger partial charge on any atom is 0.407 e. The van der Waals surface area contributed by atoms with Crippen LogP contribution >= 0.6 is 12.4 Å². The summed E-state index contributed by atoms with van der Waals surface area (Å²) in [6, 6.07) is 18.1. The molecule has 1 amide bonds. The number of hydrogen-bond donors (Lipinski definition) is 2. The second-order valence-corrected chi connectivity index (χ2v) is 7.70. The topological polar surface area (TPSA) is 61.8 Å². The molecule has 1 spiro atoms. The summed E-state index contributed by atoms with van der Waals surface area (Å²) in [5, 5.41) is 12.4. The van der Waals surface area contributed by atoms with Crippen molar-refractivity contribution in [3.63, 3.8) is 0 Å². The van der Waals surface area contributed by atoms with E-state index in [9.17, 15) is 9.90 Å². The first-order valence-electron chi connectivity index (χ1n) is 9.64. The number of ether oxygens (including phenoxy) is 1. The molecule has 28 heavy (non-hydrogen) atoms. The van der Waals surface area contributed by atoms with Crippen LogP contribution < -0.4 is 5.32 Å². The molecule has 0 aromatic heterocycles. The Morgan fingerprint density at radius 3 is 2.36 bits per heavy atom. The van der Waals surface area contributed by atoms with E-state index in [-0.39, 0.29) is 24.1 Å². The number of nitrogens with one attached hydrogen (secondary N) is 1. The van der Waals surface area contributed by atoms with E-state index < -0.39 is 0 Å². The molecule has 2 N–H and O–H groups in total. The van der Waals surface area contributed by atoms with Crippen LogP contribution in [0, 0.1) is 0 Å². The van der Waals surface area contributed by atoms with Gasteiger partial charge in [-0.2, -0.15) is 0 Å². The van der Waals surface area contributed by atoms with Gasteiger partial charge in [0.25, 0.3) is 0 Å². The fourth-order valence-electron chi connectivity index (χ4n) is 4.17. The van der Waals surface area contributed by atoms with Gasteiger partial charge in [0.2, 0.25) is 0 Å². The summed E-state index contributed by atoms with van der Waals surface area (Å²) in [5.41, 5.74) is 2.25. The van der Waals surface area contributed by atoms with Crippen molar-refractivity contribution in [3.05, 3.63) is 65.7 Å². The predicted molar refractivity (Wildman–Crippen MR) is 111 cm³/mol. The number of phenols is 1. The van der Waals surface area contributed by atoms with E-state index in [1.807, 2.05) is 18.2 Å². The Balaban J connectivity index is 0.00000225. The maximum atomic E-state index is 11.4. The molecule has 0 saturated carbocycles. The SMILES string of the molecule is Cl.O=C1NCC2(CCN(CC(Cc3ccccc3)c3ccc(O)cc3)CC2)O1. The van der Waals surface area contributed by atoms with Crippen LogP contribution in [0.5, 0.6) is 5.75 Å². The molecule has 6 heteroatoms. The lowest BCUT2D eigenvalue weighted by molar-refractivity contribution is -0.000392. The van der Waals surface area contributed by atoms with Gasteiger partial charge < -0.3 is 20.1 Å². The van der Waals surface area contributed by atoms with Crippen molar-refractivity contribution in [2.75, 3.05) is 26.2 Å². The number of halogens is 1. The monoisotopic (exact) mass is 402 g/mol. The highest BCUT2D eigenvalue weighted by Gasteiger charge is 2.42. The molecule has 1 atom stereocenters. The first-order valence-corrected chi connectivity index (χ1v) is 9.64. The van der Waals surface area contributed by atoms with Gasteiger partial charge in [-0.25, -0.2) is 4.79 Å². The molecule has 2 fully saturated rings. The minimum atomic E-state index is -0.305. The van der Waals surface area contributed by atoms with Crippen LogP contribution in [0.2, 0.25) is 0 Å². The number of carbonyl (C=O) groups is 1. The van der Waals surface area contributed by atoms with Crippen molar-refractivity contribution < 1.29 is 14.6 Å². The number of nitrogens with zero attached hydrogens (tertiary/aromatic N) is 1. The van der Waals surface area contributed by atoms with Gasteiger partial charge in [-0.05, 0) is 29.7 Å². The molecule has 2 saturated heterocycles. The van der Waals surface area contributed by atoms with Crippen LogP contribution in [0.4, 0.5) is 4.79 Å². The standard InChI is InChI=1S/C22H26N2O3.ClH/c25-20-8-6-18(7-9-20)19(14-17-4-2-1-3-5-17)15-24-12-10-22(11-13-24)16-23-21(26)27-22;/h1-9,19,25H,10-16H2,(H,23,26);1H. The average molecular weight is 403 g/mol. The highest BCUT2D eigenvalue weighted by Crippen LogP contribution is 2.31. The molecule has 2 heterocycles. The van der Waals surface area contributed by atoms with Crippen molar-refractivity contribution in [1.82, 2.24) is 10.2 Å². The van der Waals surface area contributed by atoms with E-state index in [1.54, 1.807) is 12.1 Å². The first kappa shape index (κ1) is 20.5. The van der Waals surface area contributed by atoms with Crippen LogP contribution in [0.3, 0.4) is 0 Å². The van der Waals surface area contributed by atoms with Crippen LogP contribution in [-0.2, 0) is 11.2 Å². The van der Waals surface area contributed by atoms with Crippen LogP contribution in [0.15, 0.2) is 54.6 Å². The van der Waals surface area contributed by atoms with Crippen LogP contribution in [0.25, 0.3) is 0 Å². The number of likely N-dealkylation sites (tertiary alicyclic amines) is 1. The first-order chi connectivity index (χ1) is 13.1. The molecule has 4 rings (SSSR count). The lowest BCUT2D eigenvalue weighted by Gasteiger charge is -2.38. The van der Waals surface area contributed by atoms with E-state index in [2.05, 4.69) is 34.5 Å². The third-order valence-electron chi connectivity index (χ3n) is 5.80. The van der Waals surface area contributed by atoms with Gasteiger partial charge in [-0.15, -0.1) is 12.4 Å². The largest absolute Gasteiger partial charge is 0.508 e. The fraction of sp³-hybridized carbons (Fsp3) is 0.409. The van der Waals surface area contributed by atoms with E-state index in [0.717, 1.165) is 38.9 Å². The van der Waals surface area contributed by atoms with Crippen LogP contribution in [-0.4, -0.2) is 47.9 Å². The Bertz CT molecular complexity index is 774. The average Bonchev–Trinajstić information content (AvgIpc) is 3.05. The van der Waals surface area contributed by atoms with E-state index in [1.165, 1.54) is 11.1 Å². The summed E-state index contributed by atoms with van der Waals surface area (Å²) in [5.74, 6) is 0.652. The number of hydrogen-bond acceptors (Lipinski definition) is 4. The summed E-state index contributed by atoms with van der Waals surface area (Å²) in [7, 11) is 0. The quantitative estimate of drug-likeness (QED) is 0.800. The summed E-state index contributed by atoms with van der Waals surface area (Å²) in [6.07, 6.45) is 2.43.